The zero-order chi connectivity index (χ0) is 7.40. The predicted octanol–water partition coefficient (Wildman–Crippen LogP) is 2.04. The number of rotatable bonds is 0. The molecule has 0 amide bonds. The quantitative estimate of drug-likeness (QED) is 0.430. The first kappa shape index (κ1) is 7.59. The van der Waals surface area contributed by atoms with Gasteiger partial charge in [-0.1, -0.05) is 5.92 Å². The van der Waals surface area contributed by atoms with E-state index in [0.717, 1.165) is 10.7 Å². The van der Waals surface area contributed by atoms with Crippen LogP contribution < -0.4 is 0 Å². The molecule has 0 unspecified atom stereocenters. The normalized spacial score (nSPS) is 8.60. The summed E-state index contributed by atoms with van der Waals surface area (Å²) < 4.78 is 0. The molecular weight excluding hydrogens is 166 g/mol. The Labute approximate surface area is 69.1 Å². The van der Waals surface area contributed by atoms with Gasteiger partial charge in [0.1, 0.15) is 5.69 Å². The number of aromatic nitrogens is 1. The summed E-state index contributed by atoms with van der Waals surface area (Å²) in [5, 5.41) is 2.97. The number of aryl methyl sites for hydroxylation is 1. The van der Waals surface area contributed by atoms with Crippen molar-refractivity contribution in [3.63, 3.8) is 0 Å². The van der Waals surface area contributed by atoms with Crippen molar-refractivity contribution in [2.24, 2.45) is 0 Å². The van der Waals surface area contributed by atoms with Crippen molar-refractivity contribution in [3.05, 3.63) is 16.1 Å². The van der Waals surface area contributed by atoms with Crippen LogP contribution >= 0.6 is 22.9 Å². The third-order valence-corrected chi connectivity index (χ3v) is 1.81. The van der Waals surface area contributed by atoms with Crippen molar-refractivity contribution < 1.29 is 0 Å². The van der Waals surface area contributed by atoms with Gasteiger partial charge in [-0.05, 0) is 12.8 Å². The van der Waals surface area contributed by atoms with Crippen LogP contribution in [-0.2, 0) is 0 Å². The molecule has 10 heavy (non-hydrogen) atoms. The van der Waals surface area contributed by atoms with Crippen LogP contribution in [0.25, 0.3) is 0 Å². The Bertz CT molecular complexity index is 269. The maximum absolute atomic E-state index is 5.36. The molecule has 0 N–H and O–H groups in total. The van der Waals surface area contributed by atoms with Crippen LogP contribution in [0.4, 0.5) is 0 Å². The highest BCUT2D eigenvalue weighted by Crippen LogP contribution is 2.05. The van der Waals surface area contributed by atoms with E-state index in [9.17, 15) is 0 Å². The Hall–Kier alpha value is -0.520. The highest BCUT2D eigenvalue weighted by atomic mass is 35.5. The largest absolute Gasteiger partial charge is 0.233 e. The smallest absolute Gasteiger partial charge is 0.124 e. The lowest BCUT2D eigenvalue weighted by Crippen LogP contribution is -1.73. The summed E-state index contributed by atoms with van der Waals surface area (Å²) in [6, 6.07) is 0. The minimum absolute atomic E-state index is 0.372. The second kappa shape index (κ2) is 3.60. The SMILES string of the molecule is Cc1nc(C#CCCl)cs1. The van der Waals surface area contributed by atoms with Gasteiger partial charge in [-0.3, -0.25) is 0 Å². The maximum atomic E-state index is 5.36. The Kier molecular flexibility index (Phi) is 2.73. The van der Waals surface area contributed by atoms with Gasteiger partial charge in [-0.2, -0.15) is 0 Å². The van der Waals surface area contributed by atoms with Crippen molar-refractivity contribution in [3.8, 4) is 11.8 Å². The lowest BCUT2D eigenvalue weighted by atomic mass is 10.5. The molecular formula is C7H6ClNS. The fraction of sp³-hybridized carbons (Fsp3) is 0.286. The average molecular weight is 172 g/mol. The lowest BCUT2D eigenvalue weighted by Gasteiger charge is -1.73. The Morgan fingerprint density at radius 3 is 3.10 bits per heavy atom. The monoisotopic (exact) mass is 171 g/mol. The summed E-state index contributed by atoms with van der Waals surface area (Å²) in [4.78, 5) is 4.13. The summed E-state index contributed by atoms with van der Waals surface area (Å²) in [5.41, 5.74) is 0.822. The van der Waals surface area contributed by atoms with Gasteiger partial charge in [0.05, 0.1) is 10.9 Å². The number of nitrogens with zero attached hydrogens (tertiary/aromatic N) is 1. The zero-order valence-corrected chi connectivity index (χ0v) is 7.09. The van der Waals surface area contributed by atoms with E-state index in [2.05, 4.69) is 16.8 Å². The molecule has 1 aromatic heterocycles. The zero-order valence-electron chi connectivity index (χ0n) is 5.52. The fourth-order valence-electron chi connectivity index (χ4n) is 0.545. The van der Waals surface area contributed by atoms with Crippen LogP contribution in [0.5, 0.6) is 0 Å². The third kappa shape index (κ3) is 2.02. The summed E-state index contributed by atoms with van der Waals surface area (Å²) in [6.45, 7) is 1.95. The molecule has 1 heterocycles. The first-order chi connectivity index (χ1) is 4.83. The number of hydrogen-bond donors (Lipinski definition) is 0. The molecule has 0 saturated carbocycles. The van der Waals surface area contributed by atoms with Crippen molar-refractivity contribution in [2.75, 3.05) is 5.88 Å². The van der Waals surface area contributed by atoms with E-state index < -0.39 is 0 Å². The Morgan fingerprint density at radius 2 is 2.60 bits per heavy atom. The molecule has 0 atom stereocenters. The minimum Gasteiger partial charge on any atom is -0.233 e. The van der Waals surface area contributed by atoms with Gasteiger partial charge >= 0.3 is 0 Å². The molecule has 52 valence electrons. The fourth-order valence-corrected chi connectivity index (χ4v) is 1.16. The van der Waals surface area contributed by atoms with Gasteiger partial charge in [0.2, 0.25) is 0 Å². The van der Waals surface area contributed by atoms with Crippen LogP contribution in [0.1, 0.15) is 10.7 Å². The summed E-state index contributed by atoms with van der Waals surface area (Å²) in [5.74, 6) is 5.94. The van der Waals surface area contributed by atoms with Crippen LogP contribution in [-0.4, -0.2) is 10.9 Å². The molecule has 0 spiro atoms. The summed E-state index contributed by atoms with van der Waals surface area (Å²) >= 11 is 6.96. The van der Waals surface area contributed by atoms with E-state index in [0.29, 0.717) is 5.88 Å². The first-order valence-electron chi connectivity index (χ1n) is 2.80. The molecule has 1 aromatic rings. The molecule has 1 nitrogen and oxygen atoms in total. The molecule has 0 fully saturated rings. The van der Waals surface area contributed by atoms with E-state index in [1.54, 1.807) is 11.3 Å². The Morgan fingerprint density at radius 1 is 1.80 bits per heavy atom. The molecule has 0 aliphatic heterocycles. The first-order valence-corrected chi connectivity index (χ1v) is 4.21. The molecule has 3 heteroatoms. The second-order valence-corrected chi connectivity index (χ2v) is 3.02. The second-order valence-electron chi connectivity index (χ2n) is 1.69. The summed E-state index contributed by atoms with van der Waals surface area (Å²) in [6.07, 6.45) is 0. The van der Waals surface area contributed by atoms with Gasteiger partial charge in [0.25, 0.3) is 0 Å². The number of thiazole rings is 1. The van der Waals surface area contributed by atoms with Crippen molar-refractivity contribution in [2.45, 2.75) is 6.92 Å². The topological polar surface area (TPSA) is 12.9 Å². The standard InChI is InChI=1S/C7H6ClNS/c1-6-9-7(5-10-6)3-2-4-8/h5H,4H2,1H3. The van der Waals surface area contributed by atoms with E-state index in [1.807, 2.05) is 12.3 Å². The van der Waals surface area contributed by atoms with Gasteiger partial charge in [-0.15, -0.1) is 22.9 Å². The van der Waals surface area contributed by atoms with E-state index in [-0.39, 0.29) is 0 Å². The summed E-state index contributed by atoms with van der Waals surface area (Å²) in [7, 11) is 0. The minimum atomic E-state index is 0.372. The van der Waals surface area contributed by atoms with E-state index >= 15 is 0 Å². The lowest BCUT2D eigenvalue weighted by molar-refractivity contribution is 1.27. The molecule has 1 rings (SSSR count). The molecule has 0 saturated heterocycles. The van der Waals surface area contributed by atoms with Crippen LogP contribution in [0.15, 0.2) is 5.38 Å². The highest BCUT2D eigenvalue weighted by Gasteiger charge is 1.90. The van der Waals surface area contributed by atoms with Gasteiger partial charge in [0.15, 0.2) is 0 Å². The molecule has 0 radical (unpaired) electrons. The van der Waals surface area contributed by atoms with Gasteiger partial charge in [-0.25, -0.2) is 4.98 Å². The van der Waals surface area contributed by atoms with Gasteiger partial charge < -0.3 is 0 Å². The van der Waals surface area contributed by atoms with Crippen LogP contribution in [0, 0.1) is 18.8 Å². The number of alkyl halides is 1. The molecule has 0 aromatic carbocycles. The van der Waals surface area contributed by atoms with Crippen molar-refractivity contribution in [1.82, 2.24) is 4.98 Å². The maximum Gasteiger partial charge on any atom is 0.124 e. The van der Waals surface area contributed by atoms with Crippen molar-refractivity contribution >= 4 is 22.9 Å². The van der Waals surface area contributed by atoms with Crippen LogP contribution in [0.2, 0.25) is 0 Å². The molecule has 0 bridgehead atoms. The van der Waals surface area contributed by atoms with Crippen molar-refractivity contribution in [1.29, 1.82) is 0 Å². The van der Waals surface area contributed by atoms with E-state index in [1.165, 1.54) is 0 Å². The third-order valence-electron chi connectivity index (χ3n) is 0.902. The van der Waals surface area contributed by atoms with Gasteiger partial charge in [0, 0.05) is 5.38 Å². The van der Waals surface area contributed by atoms with Crippen LogP contribution in [0.3, 0.4) is 0 Å². The number of halogens is 1. The Balaban J connectivity index is 2.76. The molecule has 0 aliphatic rings. The molecule has 0 aliphatic carbocycles. The number of hydrogen-bond acceptors (Lipinski definition) is 2. The predicted molar refractivity (Wildman–Crippen MR) is 44.4 cm³/mol. The van der Waals surface area contributed by atoms with E-state index in [4.69, 9.17) is 11.6 Å². The highest BCUT2D eigenvalue weighted by molar-refractivity contribution is 7.09. The average Bonchev–Trinajstić information content (AvgIpc) is 2.31.